The summed E-state index contributed by atoms with van der Waals surface area (Å²) in [5, 5.41) is 0. The van der Waals surface area contributed by atoms with Gasteiger partial charge in [0.15, 0.2) is 0 Å². The van der Waals surface area contributed by atoms with Gasteiger partial charge in [0.05, 0.1) is 13.2 Å². The van der Waals surface area contributed by atoms with Crippen molar-refractivity contribution in [3.05, 3.63) is 41.4 Å². The Bertz CT molecular complexity index is 399. The molecule has 0 aromatic heterocycles. The lowest BCUT2D eigenvalue weighted by Crippen LogP contribution is -2.29. The summed E-state index contributed by atoms with van der Waals surface area (Å²) in [5.41, 5.74) is 6.55. The van der Waals surface area contributed by atoms with E-state index in [0.29, 0.717) is 18.7 Å². The second kappa shape index (κ2) is 4.96. The van der Waals surface area contributed by atoms with Crippen LogP contribution in [0.3, 0.4) is 0 Å². The van der Waals surface area contributed by atoms with Gasteiger partial charge in [-0.2, -0.15) is 0 Å². The van der Waals surface area contributed by atoms with E-state index in [2.05, 4.69) is 0 Å². The van der Waals surface area contributed by atoms with Crippen molar-refractivity contribution in [2.24, 2.45) is 5.73 Å². The van der Waals surface area contributed by atoms with Gasteiger partial charge in [0, 0.05) is 5.47 Å². The highest BCUT2D eigenvalue weighted by molar-refractivity contribution is 6.62. The highest BCUT2D eigenvalue weighted by atomic mass is 16.6. The van der Waals surface area contributed by atoms with Gasteiger partial charge in [-0.05, 0) is 11.6 Å². The Morgan fingerprint density at radius 1 is 1.25 bits per heavy atom. The standard InChI is InChI=1S/C11H12BNO3/c13-11(14)10(12-15-6-7-16-12)8-9-4-2-1-3-5-9/h1-5,8H,6-7H2,(H2,13,14). The van der Waals surface area contributed by atoms with Crippen LogP contribution in [0.2, 0.25) is 0 Å². The van der Waals surface area contributed by atoms with E-state index in [0.717, 1.165) is 5.56 Å². The normalized spacial score (nSPS) is 16.5. The molecule has 2 rings (SSSR count). The largest absolute Gasteiger partial charge is 0.499 e. The predicted octanol–water partition coefficient (Wildman–Crippen LogP) is 0.629. The molecule has 0 saturated carbocycles. The van der Waals surface area contributed by atoms with Gasteiger partial charge >= 0.3 is 7.12 Å². The lowest BCUT2D eigenvalue weighted by atomic mass is 9.77. The van der Waals surface area contributed by atoms with Crippen LogP contribution in [0.5, 0.6) is 0 Å². The van der Waals surface area contributed by atoms with E-state index in [1.165, 1.54) is 0 Å². The fourth-order valence-electron chi connectivity index (χ4n) is 1.52. The molecule has 1 aromatic carbocycles. The van der Waals surface area contributed by atoms with Crippen LogP contribution in [-0.2, 0) is 14.1 Å². The van der Waals surface area contributed by atoms with Crippen molar-refractivity contribution >= 4 is 19.1 Å². The fraction of sp³-hybridized carbons (Fsp3) is 0.182. The molecule has 0 spiro atoms. The summed E-state index contributed by atoms with van der Waals surface area (Å²) in [6.07, 6.45) is 1.69. The van der Waals surface area contributed by atoms with E-state index in [1.807, 2.05) is 30.3 Å². The summed E-state index contributed by atoms with van der Waals surface area (Å²) < 4.78 is 10.5. The average Bonchev–Trinajstić information content (AvgIpc) is 2.80. The third-order valence-electron chi connectivity index (χ3n) is 2.28. The lowest BCUT2D eigenvalue weighted by molar-refractivity contribution is -0.114. The van der Waals surface area contributed by atoms with Crippen LogP contribution in [0.25, 0.3) is 6.08 Å². The van der Waals surface area contributed by atoms with E-state index in [4.69, 9.17) is 15.0 Å². The third-order valence-corrected chi connectivity index (χ3v) is 2.28. The van der Waals surface area contributed by atoms with E-state index in [-0.39, 0.29) is 0 Å². The van der Waals surface area contributed by atoms with Crippen LogP contribution < -0.4 is 5.73 Å². The minimum atomic E-state index is -0.627. The highest BCUT2D eigenvalue weighted by Crippen LogP contribution is 2.13. The first kappa shape index (κ1) is 10.9. The zero-order valence-corrected chi connectivity index (χ0v) is 8.76. The molecule has 0 radical (unpaired) electrons. The number of amides is 1. The molecule has 0 bridgehead atoms. The van der Waals surface area contributed by atoms with E-state index in [1.54, 1.807) is 6.08 Å². The van der Waals surface area contributed by atoms with Crippen molar-refractivity contribution in [1.82, 2.24) is 0 Å². The lowest BCUT2D eigenvalue weighted by Gasteiger charge is -2.05. The van der Waals surface area contributed by atoms with Crippen molar-refractivity contribution in [3.63, 3.8) is 0 Å². The predicted molar refractivity (Wildman–Crippen MR) is 61.3 cm³/mol. The van der Waals surface area contributed by atoms with Crippen LogP contribution in [0.4, 0.5) is 0 Å². The smallest absolute Gasteiger partial charge is 0.405 e. The number of benzene rings is 1. The Hall–Kier alpha value is -1.59. The van der Waals surface area contributed by atoms with Gasteiger partial charge in [-0.3, -0.25) is 4.79 Å². The molecule has 1 heterocycles. The Morgan fingerprint density at radius 2 is 1.88 bits per heavy atom. The maximum atomic E-state index is 11.3. The quantitative estimate of drug-likeness (QED) is 0.596. The van der Waals surface area contributed by atoms with Crippen molar-refractivity contribution in [2.45, 2.75) is 0 Å². The third kappa shape index (κ3) is 2.50. The molecule has 4 nitrogen and oxygen atoms in total. The highest BCUT2D eigenvalue weighted by Gasteiger charge is 2.31. The number of carbonyl (C=O) groups is 1. The Balaban J connectivity index is 2.25. The average molecular weight is 217 g/mol. The maximum Gasteiger partial charge on any atom is 0.499 e. The number of hydrogen-bond donors (Lipinski definition) is 1. The van der Waals surface area contributed by atoms with E-state index in [9.17, 15) is 4.79 Å². The van der Waals surface area contributed by atoms with Crippen LogP contribution in [0.15, 0.2) is 35.8 Å². The first-order valence-corrected chi connectivity index (χ1v) is 5.07. The summed E-state index contributed by atoms with van der Waals surface area (Å²) >= 11 is 0. The minimum Gasteiger partial charge on any atom is -0.405 e. The minimum absolute atomic E-state index is 0.351. The second-order valence-corrected chi connectivity index (χ2v) is 3.45. The fourth-order valence-corrected chi connectivity index (χ4v) is 1.52. The Labute approximate surface area is 94.2 Å². The zero-order valence-electron chi connectivity index (χ0n) is 8.76. The maximum absolute atomic E-state index is 11.3. The van der Waals surface area contributed by atoms with Crippen LogP contribution in [-0.4, -0.2) is 26.2 Å². The Kier molecular flexibility index (Phi) is 3.39. The summed E-state index contributed by atoms with van der Waals surface area (Å²) in [5.74, 6) is -0.518. The molecule has 1 fully saturated rings. The zero-order chi connectivity index (χ0) is 11.4. The molecule has 1 aromatic rings. The van der Waals surface area contributed by atoms with Gasteiger partial charge < -0.3 is 15.0 Å². The Morgan fingerprint density at radius 3 is 2.44 bits per heavy atom. The number of primary amides is 1. The van der Waals surface area contributed by atoms with Crippen LogP contribution in [0, 0.1) is 0 Å². The van der Waals surface area contributed by atoms with E-state index < -0.39 is 13.0 Å². The molecule has 16 heavy (non-hydrogen) atoms. The summed E-state index contributed by atoms with van der Waals surface area (Å²) in [4.78, 5) is 11.3. The van der Waals surface area contributed by atoms with Gasteiger partial charge in [-0.25, -0.2) is 0 Å². The van der Waals surface area contributed by atoms with Crippen molar-refractivity contribution in [2.75, 3.05) is 13.2 Å². The number of rotatable bonds is 3. The number of nitrogens with two attached hydrogens (primary N) is 1. The summed E-state index contributed by atoms with van der Waals surface area (Å²) in [6.45, 7) is 0.980. The summed E-state index contributed by atoms with van der Waals surface area (Å²) in [6, 6.07) is 9.46. The molecule has 1 aliphatic rings. The number of hydrogen-bond acceptors (Lipinski definition) is 3. The molecular weight excluding hydrogens is 205 g/mol. The van der Waals surface area contributed by atoms with Gasteiger partial charge in [-0.15, -0.1) is 0 Å². The monoisotopic (exact) mass is 217 g/mol. The molecule has 1 saturated heterocycles. The van der Waals surface area contributed by atoms with Crippen LogP contribution in [0.1, 0.15) is 5.56 Å². The number of carbonyl (C=O) groups excluding carboxylic acids is 1. The molecule has 0 unspecified atom stereocenters. The molecule has 0 atom stereocenters. The van der Waals surface area contributed by atoms with Crippen molar-refractivity contribution < 1.29 is 14.1 Å². The molecule has 2 N–H and O–H groups in total. The molecule has 0 aliphatic carbocycles. The van der Waals surface area contributed by atoms with Gasteiger partial charge in [0.25, 0.3) is 0 Å². The van der Waals surface area contributed by atoms with Crippen molar-refractivity contribution in [3.8, 4) is 0 Å². The molecule has 82 valence electrons. The van der Waals surface area contributed by atoms with Crippen molar-refractivity contribution in [1.29, 1.82) is 0 Å². The van der Waals surface area contributed by atoms with Crippen LogP contribution >= 0.6 is 0 Å². The first-order valence-electron chi connectivity index (χ1n) is 5.07. The molecular formula is C11H12BNO3. The second-order valence-electron chi connectivity index (χ2n) is 3.45. The van der Waals surface area contributed by atoms with Gasteiger partial charge in [0.1, 0.15) is 0 Å². The van der Waals surface area contributed by atoms with Gasteiger partial charge in [0.2, 0.25) is 5.91 Å². The topological polar surface area (TPSA) is 61.6 Å². The van der Waals surface area contributed by atoms with E-state index >= 15 is 0 Å². The SMILES string of the molecule is NC(=O)C(=Cc1ccccc1)B1OCCO1. The molecule has 1 amide bonds. The first-order chi connectivity index (χ1) is 7.77. The molecule has 5 heteroatoms. The summed E-state index contributed by atoms with van der Waals surface area (Å²) in [7, 11) is -0.627. The van der Waals surface area contributed by atoms with Gasteiger partial charge in [-0.1, -0.05) is 30.3 Å². The molecule has 1 aliphatic heterocycles.